The number of thiophene rings is 1. The summed E-state index contributed by atoms with van der Waals surface area (Å²) in [5, 5.41) is 6.49. The van der Waals surface area contributed by atoms with Crippen LogP contribution in [0.5, 0.6) is 0 Å². The van der Waals surface area contributed by atoms with Crippen molar-refractivity contribution >= 4 is 29.7 Å². The molecule has 0 saturated carbocycles. The lowest BCUT2D eigenvalue weighted by Crippen LogP contribution is -2.42. The third-order valence-electron chi connectivity index (χ3n) is 3.89. The Balaban J connectivity index is 0.00000133. The SMILES string of the molecule is Cl.O=C(NC1CCNCC1)c1cc2c(s1)CCCC2. The van der Waals surface area contributed by atoms with Gasteiger partial charge in [0, 0.05) is 10.9 Å². The first-order valence-corrected chi connectivity index (χ1v) is 7.78. The molecule has 1 aliphatic carbocycles. The molecule has 1 saturated heterocycles. The summed E-state index contributed by atoms with van der Waals surface area (Å²) in [4.78, 5) is 14.6. The van der Waals surface area contributed by atoms with Crippen molar-refractivity contribution in [2.24, 2.45) is 0 Å². The van der Waals surface area contributed by atoms with Crippen LogP contribution in [0.1, 0.15) is 45.8 Å². The molecule has 19 heavy (non-hydrogen) atoms. The molecule has 2 aliphatic rings. The van der Waals surface area contributed by atoms with E-state index in [4.69, 9.17) is 0 Å². The predicted molar refractivity (Wildman–Crippen MR) is 81.6 cm³/mol. The molecule has 1 fully saturated rings. The van der Waals surface area contributed by atoms with Crippen molar-refractivity contribution in [2.45, 2.75) is 44.6 Å². The molecule has 2 heterocycles. The molecular formula is C14H21ClN2OS. The van der Waals surface area contributed by atoms with Gasteiger partial charge in [-0.3, -0.25) is 4.79 Å². The van der Waals surface area contributed by atoms with E-state index < -0.39 is 0 Å². The van der Waals surface area contributed by atoms with E-state index in [1.807, 2.05) is 0 Å². The largest absolute Gasteiger partial charge is 0.349 e. The van der Waals surface area contributed by atoms with Crippen molar-refractivity contribution in [1.29, 1.82) is 0 Å². The van der Waals surface area contributed by atoms with E-state index in [2.05, 4.69) is 16.7 Å². The van der Waals surface area contributed by atoms with Gasteiger partial charge in [-0.05, 0) is 63.2 Å². The van der Waals surface area contributed by atoms with Gasteiger partial charge in [0.15, 0.2) is 0 Å². The van der Waals surface area contributed by atoms with Gasteiger partial charge in [-0.1, -0.05) is 0 Å². The number of carbonyl (C=O) groups is 1. The predicted octanol–water partition coefficient (Wildman–Crippen LogP) is 2.53. The van der Waals surface area contributed by atoms with Gasteiger partial charge in [0.1, 0.15) is 0 Å². The number of fused-ring (bicyclic) bond motifs is 1. The highest BCUT2D eigenvalue weighted by Gasteiger charge is 2.20. The van der Waals surface area contributed by atoms with Crippen LogP contribution < -0.4 is 10.6 Å². The van der Waals surface area contributed by atoms with E-state index in [-0.39, 0.29) is 18.3 Å². The lowest BCUT2D eigenvalue weighted by molar-refractivity contribution is 0.0933. The minimum Gasteiger partial charge on any atom is -0.349 e. The third kappa shape index (κ3) is 3.50. The Bertz CT molecular complexity index is 417. The fourth-order valence-corrected chi connectivity index (χ4v) is 3.98. The van der Waals surface area contributed by atoms with Gasteiger partial charge in [-0.2, -0.15) is 0 Å². The standard InChI is InChI=1S/C14H20N2OS.ClH/c17-14(16-11-5-7-15-8-6-11)13-9-10-3-1-2-4-12(10)18-13;/h9,11,15H,1-8H2,(H,16,17);1H. The highest BCUT2D eigenvalue weighted by Crippen LogP contribution is 2.29. The van der Waals surface area contributed by atoms with Crippen LogP contribution in [0.3, 0.4) is 0 Å². The van der Waals surface area contributed by atoms with Crippen LogP contribution in [0.15, 0.2) is 6.07 Å². The second-order valence-electron chi connectivity index (χ2n) is 5.26. The molecule has 0 radical (unpaired) electrons. The fraction of sp³-hybridized carbons (Fsp3) is 0.643. The van der Waals surface area contributed by atoms with Gasteiger partial charge in [-0.15, -0.1) is 23.7 Å². The van der Waals surface area contributed by atoms with E-state index in [9.17, 15) is 4.79 Å². The number of nitrogens with one attached hydrogen (secondary N) is 2. The van der Waals surface area contributed by atoms with Gasteiger partial charge in [-0.25, -0.2) is 0 Å². The van der Waals surface area contributed by atoms with Gasteiger partial charge >= 0.3 is 0 Å². The summed E-state index contributed by atoms with van der Waals surface area (Å²) < 4.78 is 0. The third-order valence-corrected chi connectivity index (χ3v) is 5.13. The van der Waals surface area contributed by atoms with Crippen molar-refractivity contribution in [3.05, 3.63) is 21.4 Å². The van der Waals surface area contributed by atoms with Crippen molar-refractivity contribution in [2.75, 3.05) is 13.1 Å². The molecule has 1 amide bonds. The highest BCUT2D eigenvalue weighted by atomic mass is 35.5. The van der Waals surface area contributed by atoms with E-state index >= 15 is 0 Å². The van der Waals surface area contributed by atoms with Crippen LogP contribution in [0, 0.1) is 0 Å². The lowest BCUT2D eigenvalue weighted by Gasteiger charge is -2.23. The van der Waals surface area contributed by atoms with Crippen LogP contribution in [0.25, 0.3) is 0 Å². The molecule has 1 aliphatic heterocycles. The summed E-state index contributed by atoms with van der Waals surface area (Å²) in [6.45, 7) is 2.04. The smallest absolute Gasteiger partial charge is 0.261 e. The number of halogens is 1. The summed E-state index contributed by atoms with van der Waals surface area (Å²) in [6, 6.07) is 2.48. The second-order valence-corrected chi connectivity index (χ2v) is 6.40. The van der Waals surface area contributed by atoms with Gasteiger partial charge in [0.05, 0.1) is 4.88 Å². The molecule has 1 aromatic rings. The van der Waals surface area contributed by atoms with Crippen LogP contribution in [-0.4, -0.2) is 25.0 Å². The van der Waals surface area contributed by atoms with Gasteiger partial charge < -0.3 is 10.6 Å². The first kappa shape index (κ1) is 14.8. The molecule has 5 heteroatoms. The Morgan fingerprint density at radius 3 is 2.74 bits per heavy atom. The molecule has 0 unspecified atom stereocenters. The normalized spacial score (nSPS) is 19.4. The zero-order chi connectivity index (χ0) is 12.4. The summed E-state index contributed by atoms with van der Waals surface area (Å²) in [7, 11) is 0. The first-order chi connectivity index (χ1) is 8.83. The van der Waals surface area contributed by atoms with Crippen molar-refractivity contribution in [3.63, 3.8) is 0 Å². The lowest BCUT2D eigenvalue weighted by atomic mass is 9.99. The molecule has 3 nitrogen and oxygen atoms in total. The van der Waals surface area contributed by atoms with Crippen LogP contribution in [0.4, 0.5) is 0 Å². The van der Waals surface area contributed by atoms with Crippen LogP contribution in [-0.2, 0) is 12.8 Å². The quantitative estimate of drug-likeness (QED) is 0.881. The molecule has 1 aromatic heterocycles. The summed E-state index contributed by atoms with van der Waals surface area (Å²) in [6.07, 6.45) is 6.99. The topological polar surface area (TPSA) is 41.1 Å². The minimum atomic E-state index is 0. The molecule has 0 atom stereocenters. The molecule has 106 valence electrons. The Morgan fingerprint density at radius 2 is 2.00 bits per heavy atom. The maximum absolute atomic E-state index is 12.2. The average Bonchev–Trinajstić information content (AvgIpc) is 2.84. The van der Waals surface area contributed by atoms with Crippen LogP contribution in [0.2, 0.25) is 0 Å². The Morgan fingerprint density at radius 1 is 1.26 bits per heavy atom. The van der Waals surface area contributed by atoms with E-state index in [0.29, 0.717) is 6.04 Å². The maximum Gasteiger partial charge on any atom is 0.261 e. The maximum atomic E-state index is 12.2. The Kier molecular flexibility index (Phi) is 5.25. The molecule has 0 spiro atoms. The Labute approximate surface area is 124 Å². The first-order valence-electron chi connectivity index (χ1n) is 6.96. The number of rotatable bonds is 2. The van der Waals surface area contributed by atoms with E-state index in [0.717, 1.165) is 37.2 Å². The molecule has 0 bridgehead atoms. The highest BCUT2D eigenvalue weighted by molar-refractivity contribution is 7.14. The summed E-state index contributed by atoms with van der Waals surface area (Å²) >= 11 is 1.70. The van der Waals surface area contributed by atoms with E-state index in [1.54, 1.807) is 11.3 Å². The Hall–Kier alpha value is -0.580. The second kappa shape index (κ2) is 6.73. The molecular weight excluding hydrogens is 280 g/mol. The van der Waals surface area contributed by atoms with Gasteiger partial charge in [0.25, 0.3) is 5.91 Å². The molecule has 3 rings (SSSR count). The number of hydrogen-bond acceptors (Lipinski definition) is 3. The average molecular weight is 301 g/mol. The number of piperidine rings is 1. The zero-order valence-electron chi connectivity index (χ0n) is 11.0. The number of hydrogen-bond donors (Lipinski definition) is 2. The summed E-state index contributed by atoms with van der Waals surface area (Å²) in [5.74, 6) is 0.140. The molecule has 0 aromatic carbocycles. The molecule has 2 N–H and O–H groups in total. The van der Waals surface area contributed by atoms with Crippen molar-refractivity contribution < 1.29 is 4.79 Å². The van der Waals surface area contributed by atoms with Gasteiger partial charge in [0.2, 0.25) is 0 Å². The summed E-state index contributed by atoms with van der Waals surface area (Å²) in [5.41, 5.74) is 1.42. The number of amides is 1. The number of carbonyl (C=O) groups excluding carboxylic acids is 1. The fourth-order valence-electron chi connectivity index (χ4n) is 2.83. The minimum absolute atomic E-state index is 0. The van der Waals surface area contributed by atoms with Crippen LogP contribution >= 0.6 is 23.7 Å². The number of aryl methyl sites for hydroxylation is 2. The van der Waals surface area contributed by atoms with Crippen molar-refractivity contribution in [1.82, 2.24) is 10.6 Å². The monoisotopic (exact) mass is 300 g/mol. The van der Waals surface area contributed by atoms with Crippen molar-refractivity contribution in [3.8, 4) is 0 Å². The zero-order valence-corrected chi connectivity index (χ0v) is 12.7. The van der Waals surface area contributed by atoms with E-state index in [1.165, 1.54) is 29.7 Å².